The Morgan fingerprint density at radius 3 is 0.933 bits per heavy atom. The van der Waals surface area contributed by atoms with E-state index in [1.54, 1.807) is 0 Å². The Balaban J connectivity index is -0.000000569. The van der Waals surface area contributed by atoms with Gasteiger partial charge in [0.1, 0.15) is 0 Å². The molecule has 3 rings (SSSR count). The maximum absolute atomic E-state index is 12.9. The van der Waals surface area contributed by atoms with Gasteiger partial charge in [0, 0.05) is 39.3 Å². The number of hydrogen-bond acceptors (Lipinski definition) is 6. The molecule has 3 saturated heterocycles. The van der Waals surface area contributed by atoms with E-state index in [0.29, 0.717) is 14.7 Å². The molecule has 45 heavy (non-hydrogen) atoms. The molecule has 0 aromatic heterocycles. The number of ether oxygens (including phenoxy) is 3. The lowest BCUT2D eigenvalue weighted by Crippen LogP contribution is -2.48. The minimum atomic E-state index is -5.26. The molecule has 3 heterocycles. The van der Waals surface area contributed by atoms with Crippen LogP contribution in [0.25, 0.3) is 0 Å². The van der Waals surface area contributed by atoms with Gasteiger partial charge in [0.15, 0.2) is 0 Å². The van der Waals surface area contributed by atoms with Crippen molar-refractivity contribution in [1.82, 2.24) is 14.7 Å². The third kappa shape index (κ3) is 15.0. The first-order valence-corrected chi connectivity index (χ1v) is 11.6. The zero-order valence-corrected chi connectivity index (χ0v) is 22.4. The maximum Gasteiger partial charge on any atom is 0.447 e. The summed E-state index contributed by atoms with van der Waals surface area (Å²) in [5.74, 6) is -11.8. The Morgan fingerprint density at radius 2 is 0.689 bits per heavy atom. The third-order valence-corrected chi connectivity index (χ3v) is 5.28. The van der Waals surface area contributed by atoms with E-state index in [4.69, 9.17) is 14.2 Å². The summed E-state index contributed by atoms with van der Waals surface area (Å²) in [5, 5.41) is 0. The summed E-state index contributed by atoms with van der Waals surface area (Å²) in [4.78, 5) is 1.67. The van der Waals surface area contributed by atoms with Gasteiger partial charge < -0.3 is 24.0 Å². The number of morpholine rings is 3. The molecule has 0 bridgehead atoms. The summed E-state index contributed by atoms with van der Waals surface area (Å²) < 4.78 is 197. The smallest absolute Gasteiger partial charge is 0.379 e. The van der Waals surface area contributed by atoms with Crippen molar-refractivity contribution in [2.45, 2.75) is 18.4 Å². The van der Waals surface area contributed by atoms with E-state index < -0.39 is 53.9 Å². The molecular weight excluding hydrogens is 684 g/mol. The highest BCUT2D eigenvalue weighted by atomic mass is 19.4. The number of halogens is 18. The monoisotopic (exact) mass is 711 g/mol. The second-order valence-electron chi connectivity index (χ2n) is 8.12. The van der Waals surface area contributed by atoms with Crippen LogP contribution in [0.4, 0.5) is 80.0 Å². The SMILES string of the molecule is F.F.F.F/C(=C(/F)C(F)(F)F)N1CCOCC1.F/C(=C(\F)C(F)(F)F)N1CCOCC1.FC(F)=C(F)C(F)(F)N1CCOCC1. The summed E-state index contributed by atoms with van der Waals surface area (Å²) in [7, 11) is 0. The van der Waals surface area contributed by atoms with Gasteiger partial charge in [0.25, 0.3) is 11.7 Å². The van der Waals surface area contributed by atoms with Crippen LogP contribution in [0.3, 0.4) is 0 Å². The van der Waals surface area contributed by atoms with Gasteiger partial charge in [0.2, 0.25) is 17.7 Å². The van der Waals surface area contributed by atoms with Crippen molar-refractivity contribution in [3.05, 3.63) is 35.5 Å². The average molecular weight is 711 g/mol. The Labute approximate surface area is 242 Å². The standard InChI is InChI=1S/3C7H8F5NO.3FH/c2*8-5(7(10,11)12)6(9)13-1-3-14-4-2-13;8-5(6(9)10)7(11,12)13-1-3-14-4-2-13;;;/h3*1-4H2;3*1H/b6-5+;6-5-;;;;. The molecule has 0 saturated carbocycles. The molecule has 3 fully saturated rings. The van der Waals surface area contributed by atoms with Crippen molar-refractivity contribution in [2.24, 2.45) is 0 Å². The third-order valence-electron chi connectivity index (χ3n) is 5.28. The average Bonchev–Trinajstić information content (AvgIpc) is 2.96. The highest BCUT2D eigenvalue weighted by Gasteiger charge is 2.46. The van der Waals surface area contributed by atoms with Crippen LogP contribution in [-0.2, 0) is 14.2 Å². The first-order valence-electron chi connectivity index (χ1n) is 11.6. The van der Waals surface area contributed by atoms with Gasteiger partial charge in [-0.15, -0.1) is 0 Å². The molecule has 0 radical (unpaired) electrons. The van der Waals surface area contributed by atoms with Gasteiger partial charge in [-0.3, -0.25) is 14.1 Å². The Morgan fingerprint density at radius 1 is 0.422 bits per heavy atom. The number of hydrogen-bond donors (Lipinski definition) is 0. The van der Waals surface area contributed by atoms with E-state index >= 15 is 0 Å². The zero-order valence-electron chi connectivity index (χ0n) is 22.4. The van der Waals surface area contributed by atoms with E-state index in [1.807, 2.05) is 0 Å². The fourth-order valence-electron chi connectivity index (χ4n) is 3.13. The van der Waals surface area contributed by atoms with Gasteiger partial charge in [-0.2, -0.15) is 65.9 Å². The van der Waals surface area contributed by atoms with E-state index in [2.05, 4.69) is 0 Å². The van der Waals surface area contributed by atoms with Crippen molar-refractivity contribution >= 4 is 0 Å². The topological polar surface area (TPSA) is 37.4 Å². The quantitative estimate of drug-likeness (QED) is 0.248. The predicted octanol–water partition coefficient (Wildman–Crippen LogP) is 6.42. The number of nitrogens with zero attached hydrogens (tertiary/aromatic N) is 3. The highest BCUT2D eigenvalue weighted by molar-refractivity contribution is 5.06. The predicted molar refractivity (Wildman–Crippen MR) is 121 cm³/mol. The number of allylic oxidation sites excluding steroid dienone is 2. The molecule has 3 aliphatic rings. The lowest BCUT2D eigenvalue weighted by atomic mass is 10.3. The Bertz CT molecular complexity index is 886. The van der Waals surface area contributed by atoms with Crippen molar-refractivity contribution in [3.8, 4) is 0 Å². The molecule has 0 unspecified atom stereocenters. The molecule has 0 aliphatic carbocycles. The van der Waals surface area contributed by atoms with Crippen LogP contribution in [0.5, 0.6) is 0 Å². The molecule has 0 spiro atoms. The van der Waals surface area contributed by atoms with Crippen molar-refractivity contribution < 1.29 is 94.2 Å². The lowest BCUT2D eigenvalue weighted by Gasteiger charge is -2.32. The summed E-state index contributed by atoms with van der Waals surface area (Å²) in [5.41, 5.74) is 0. The molecule has 6 nitrogen and oxygen atoms in total. The summed E-state index contributed by atoms with van der Waals surface area (Å²) in [6, 6.07) is -4.23. The van der Waals surface area contributed by atoms with Gasteiger partial charge in [0.05, 0.1) is 39.6 Å². The first-order chi connectivity index (χ1) is 19.3. The van der Waals surface area contributed by atoms with Crippen molar-refractivity contribution in [1.29, 1.82) is 0 Å². The molecule has 0 N–H and O–H groups in total. The molecule has 0 amide bonds. The van der Waals surface area contributed by atoms with Gasteiger partial charge in [-0.05, 0) is 0 Å². The molecule has 0 aromatic carbocycles. The van der Waals surface area contributed by atoms with E-state index in [0.717, 1.165) is 0 Å². The van der Waals surface area contributed by atoms with Gasteiger partial charge >= 0.3 is 24.5 Å². The van der Waals surface area contributed by atoms with E-state index in [-0.39, 0.29) is 93.0 Å². The largest absolute Gasteiger partial charge is 0.447 e. The first kappa shape index (κ1) is 46.8. The summed E-state index contributed by atoms with van der Waals surface area (Å²) >= 11 is 0. The van der Waals surface area contributed by atoms with Crippen molar-refractivity contribution in [3.63, 3.8) is 0 Å². The van der Waals surface area contributed by atoms with Crippen LogP contribution in [0.15, 0.2) is 35.5 Å². The number of alkyl halides is 8. The van der Waals surface area contributed by atoms with E-state index in [1.165, 1.54) is 0 Å². The second kappa shape index (κ2) is 20.5. The second-order valence-corrected chi connectivity index (χ2v) is 8.12. The Hall–Kier alpha value is -2.60. The van der Waals surface area contributed by atoms with E-state index in [9.17, 15) is 65.9 Å². The zero-order chi connectivity index (χ0) is 32.3. The van der Waals surface area contributed by atoms with Crippen LogP contribution in [0, 0.1) is 0 Å². The van der Waals surface area contributed by atoms with Crippen molar-refractivity contribution in [2.75, 3.05) is 78.9 Å². The summed E-state index contributed by atoms with van der Waals surface area (Å²) in [6.45, 7) is -0.488. The molecule has 0 aromatic rings. The van der Waals surface area contributed by atoms with Gasteiger partial charge in [-0.1, -0.05) is 0 Å². The van der Waals surface area contributed by atoms with Crippen LogP contribution in [0.2, 0.25) is 0 Å². The lowest BCUT2D eigenvalue weighted by molar-refractivity contribution is -0.159. The fraction of sp³-hybridized carbons (Fsp3) is 0.714. The normalized spacial score (nSPS) is 19.0. The minimum absolute atomic E-state index is 0. The van der Waals surface area contributed by atoms with Crippen LogP contribution >= 0.6 is 0 Å². The molecule has 0 atom stereocenters. The van der Waals surface area contributed by atoms with Crippen LogP contribution in [0.1, 0.15) is 0 Å². The van der Waals surface area contributed by atoms with Crippen LogP contribution < -0.4 is 0 Å². The molecule has 3 aliphatic heterocycles. The summed E-state index contributed by atoms with van der Waals surface area (Å²) in [6.07, 6.45) is -13.5. The molecular formula is C21H27F18N3O3. The van der Waals surface area contributed by atoms with Crippen LogP contribution in [-0.4, -0.2) is 112 Å². The Kier molecular flexibility index (Phi) is 21.3. The highest BCUT2D eigenvalue weighted by Crippen LogP contribution is 2.34. The molecule has 24 heteroatoms. The maximum atomic E-state index is 12.9. The molecule has 270 valence electrons. The number of rotatable bonds is 4. The van der Waals surface area contributed by atoms with Gasteiger partial charge in [-0.25, -0.2) is 4.90 Å². The minimum Gasteiger partial charge on any atom is -0.379 e. The fourth-order valence-corrected chi connectivity index (χ4v) is 3.13.